The molecule has 0 saturated carbocycles. The van der Waals surface area contributed by atoms with E-state index in [0.717, 1.165) is 25.5 Å². The van der Waals surface area contributed by atoms with Gasteiger partial charge in [0.05, 0.1) is 17.3 Å². The van der Waals surface area contributed by atoms with Crippen molar-refractivity contribution in [2.45, 2.75) is 39.3 Å². The smallest absolute Gasteiger partial charge is 0.387 e. The summed E-state index contributed by atoms with van der Waals surface area (Å²) < 4.78 is 44.8. The molecule has 0 fully saturated rings. The summed E-state index contributed by atoms with van der Waals surface area (Å²) in [5.41, 5.74) is 0.222. The van der Waals surface area contributed by atoms with Gasteiger partial charge in [-0.3, -0.25) is 9.78 Å². The fraction of sp³-hybridized carbons (Fsp3) is 0.300. The Morgan fingerprint density at radius 2 is 2.00 bits per heavy atom. The second-order valence-electron chi connectivity index (χ2n) is 6.20. The number of nitrogens with zero attached hydrogens (tertiary/aromatic N) is 2. The lowest BCUT2D eigenvalue weighted by atomic mass is 10.0. The van der Waals surface area contributed by atoms with Crippen LogP contribution < -0.4 is 10.3 Å². The summed E-state index contributed by atoms with van der Waals surface area (Å²) >= 11 is 0. The van der Waals surface area contributed by atoms with Crippen LogP contribution in [0.4, 0.5) is 13.2 Å². The molecule has 0 spiro atoms. The summed E-state index contributed by atoms with van der Waals surface area (Å²) in [6, 6.07) is 7.20. The van der Waals surface area contributed by atoms with Gasteiger partial charge in [0.25, 0.3) is 5.56 Å². The maximum atomic E-state index is 14.6. The van der Waals surface area contributed by atoms with Gasteiger partial charge in [-0.2, -0.15) is 8.78 Å². The lowest BCUT2D eigenvalue weighted by molar-refractivity contribution is -0.0500. The van der Waals surface area contributed by atoms with Crippen LogP contribution in [0.2, 0.25) is 0 Å². The second-order valence-corrected chi connectivity index (χ2v) is 6.20. The van der Waals surface area contributed by atoms with E-state index in [-0.39, 0.29) is 22.6 Å². The van der Waals surface area contributed by atoms with Gasteiger partial charge in [-0.15, -0.1) is 0 Å². The fourth-order valence-electron chi connectivity index (χ4n) is 2.92. The highest BCUT2D eigenvalue weighted by Gasteiger charge is 2.12. The van der Waals surface area contributed by atoms with Gasteiger partial charge in [0.15, 0.2) is 0 Å². The second kappa shape index (κ2) is 8.24. The first-order valence-electron chi connectivity index (χ1n) is 8.73. The number of aromatic nitrogens is 2. The topological polar surface area (TPSA) is 44.1 Å². The van der Waals surface area contributed by atoms with Gasteiger partial charge < -0.3 is 9.30 Å². The number of halogens is 3. The minimum atomic E-state index is -2.95. The number of unbranched alkanes of at least 4 members (excludes halogenated alkanes) is 2. The molecular formula is C20H19F3N2O2. The van der Waals surface area contributed by atoms with Gasteiger partial charge in [-0.1, -0.05) is 19.8 Å². The molecule has 0 radical (unpaired) electrons. The van der Waals surface area contributed by atoms with E-state index in [0.29, 0.717) is 17.3 Å². The first-order valence-corrected chi connectivity index (χ1v) is 8.73. The summed E-state index contributed by atoms with van der Waals surface area (Å²) in [5.74, 6) is -0.703. The summed E-state index contributed by atoms with van der Waals surface area (Å²) in [6.45, 7) is -0.270. The van der Waals surface area contributed by atoms with E-state index >= 15 is 0 Å². The third-order valence-corrected chi connectivity index (χ3v) is 4.30. The number of pyridine rings is 2. The van der Waals surface area contributed by atoms with E-state index in [2.05, 4.69) is 16.6 Å². The number of ether oxygens (including phenoxy) is 1. The van der Waals surface area contributed by atoms with E-state index in [1.165, 1.54) is 18.2 Å². The van der Waals surface area contributed by atoms with Crippen molar-refractivity contribution in [3.63, 3.8) is 0 Å². The molecule has 4 nitrogen and oxygen atoms in total. The molecule has 0 atom stereocenters. The van der Waals surface area contributed by atoms with Gasteiger partial charge in [0.1, 0.15) is 11.6 Å². The Kier molecular flexibility index (Phi) is 5.78. The average Bonchev–Trinajstić information content (AvgIpc) is 2.64. The highest BCUT2D eigenvalue weighted by atomic mass is 19.3. The normalized spacial score (nSPS) is 11.3. The van der Waals surface area contributed by atoms with Crippen molar-refractivity contribution in [1.82, 2.24) is 9.55 Å². The highest BCUT2D eigenvalue weighted by Crippen LogP contribution is 2.26. The number of aryl methyl sites for hydroxylation is 1. The van der Waals surface area contributed by atoms with E-state index < -0.39 is 12.4 Å². The lowest BCUT2D eigenvalue weighted by Gasteiger charge is -2.10. The van der Waals surface area contributed by atoms with Crippen LogP contribution >= 0.6 is 0 Å². The molecule has 7 heteroatoms. The van der Waals surface area contributed by atoms with Gasteiger partial charge in [0.2, 0.25) is 0 Å². The monoisotopic (exact) mass is 376 g/mol. The minimum absolute atomic E-state index is 0.107. The SMILES string of the molecule is CCCCCn1ccc2cc(-c3ccc(OC(F)F)cn3)c(F)cc2c1=O. The van der Waals surface area contributed by atoms with Gasteiger partial charge in [0, 0.05) is 18.3 Å². The molecule has 0 aliphatic rings. The minimum Gasteiger partial charge on any atom is -0.433 e. The van der Waals surface area contributed by atoms with Crippen LogP contribution in [0.3, 0.4) is 0 Å². The lowest BCUT2D eigenvalue weighted by Crippen LogP contribution is -2.19. The standard InChI is InChI=1S/C20H19F3N2O2/c1-2-3-4-8-25-9-7-13-10-16(17(21)11-15(13)19(25)26)18-6-5-14(12-24-18)27-20(22)23/h5-7,9-12,20H,2-4,8H2,1H3. The molecule has 0 saturated heterocycles. The van der Waals surface area contributed by atoms with Crippen LogP contribution in [-0.4, -0.2) is 16.2 Å². The third-order valence-electron chi connectivity index (χ3n) is 4.30. The first-order chi connectivity index (χ1) is 13.0. The van der Waals surface area contributed by atoms with Crippen molar-refractivity contribution in [2.24, 2.45) is 0 Å². The Morgan fingerprint density at radius 1 is 1.19 bits per heavy atom. The number of hydrogen-bond acceptors (Lipinski definition) is 3. The Morgan fingerprint density at radius 3 is 2.67 bits per heavy atom. The maximum Gasteiger partial charge on any atom is 0.387 e. The Balaban J connectivity index is 1.95. The molecule has 2 heterocycles. The Hall–Kier alpha value is -2.83. The summed E-state index contributed by atoms with van der Waals surface area (Å²) in [7, 11) is 0. The molecule has 2 aromatic heterocycles. The van der Waals surface area contributed by atoms with E-state index in [9.17, 15) is 18.0 Å². The molecule has 3 rings (SSSR count). The highest BCUT2D eigenvalue weighted by molar-refractivity contribution is 5.86. The quantitative estimate of drug-likeness (QED) is 0.546. The van der Waals surface area contributed by atoms with Crippen molar-refractivity contribution < 1.29 is 17.9 Å². The predicted octanol–water partition coefficient (Wildman–Crippen LogP) is 4.99. The summed E-state index contributed by atoms with van der Waals surface area (Å²) in [6.07, 6.45) is 5.77. The van der Waals surface area contributed by atoms with E-state index in [1.807, 2.05) is 0 Å². The van der Waals surface area contributed by atoms with Crippen LogP contribution in [0.15, 0.2) is 47.5 Å². The fourth-order valence-corrected chi connectivity index (χ4v) is 2.92. The Labute approximate surface area is 154 Å². The molecule has 27 heavy (non-hydrogen) atoms. The van der Waals surface area contributed by atoms with Crippen molar-refractivity contribution in [2.75, 3.05) is 0 Å². The first kappa shape index (κ1) is 18.9. The molecule has 0 aliphatic carbocycles. The number of rotatable bonds is 7. The average molecular weight is 376 g/mol. The summed E-state index contributed by atoms with van der Waals surface area (Å²) in [4.78, 5) is 16.5. The molecular weight excluding hydrogens is 357 g/mol. The number of alkyl halides is 2. The number of fused-ring (bicyclic) bond motifs is 1. The molecule has 142 valence electrons. The molecule has 0 bridgehead atoms. The zero-order chi connectivity index (χ0) is 19.4. The van der Waals surface area contributed by atoms with Crippen molar-refractivity contribution >= 4 is 10.8 Å². The van der Waals surface area contributed by atoms with Gasteiger partial charge in [-0.05, 0) is 42.1 Å². The van der Waals surface area contributed by atoms with Crippen LogP contribution in [0, 0.1) is 5.82 Å². The third kappa shape index (κ3) is 4.30. The molecule has 0 aliphatic heterocycles. The number of hydrogen-bond donors (Lipinski definition) is 0. The van der Waals surface area contributed by atoms with Crippen LogP contribution in [0.25, 0.3) is 22.0 Å². The van der Waals surface area contributed by atoms with Crippen molar-refractivity contribution in [3.05, 3.63) is 58.9 Å². The van der Waals surface area contributed by atoms with E-state index in [1.54, 1.807) is 22.9 Å². The zero-order valence-electron chi connectivity index (χ0n) is 14.8. The van der Waals surface area contributed by atoms with Crippen LogP contribution in [0.5, 0.6) is 5.75 Å². The van der Waals surface area contributed by atoms with Crippen LogP contribution in [0.1, 0.15) is 26.2 Å². The molecule has 3 aromatic rings. The maximum absolute atomic E-state index is 14.6. The molecule has 1 aromatic carbocycles. The van der Waals surface area contributed by atoms with Crippen LogP contribution in [-0.2, 0) is 6.54 Å². The molecule has 0 amide bonds. The van der Waals surface area contributed by atoms with E-state index in [4.69, 9.17) is 0 Å². The summed E-state index contributed by atoms with van der Waals surface area (Å²) in [5, 5.41) is 0.894. The van der Waals surface area contributed by atoms with Gasteiger partial charge >= 0.3 is 6.61 Å². The predicted molar refractivity (Wildman–Crippen MR) is 97.6 cm³/mol. The Bertz CT molecular complexity index is 985. The number of benzene rings is 1. The van der Waals surface area contributed by atoms with Crippen molar-refractivity contribution in [1.29, 1.82) is 0 Å². The molecule has 0 N–H and O–H groups in total. The largest absolute Gasteiger partial charge is 0.433 e. The van der Waals surface area contributed by atoms with Gasteiger partial charge in [-0.25, -0.2) is 4.39 Å². The molecule has 0 unspecified atom stereocenters. The van der Waals surface area contributed by atoms with Crippen molar-refractivity contribution in [3.8, 4) is 17.0 Å². The zero-order valence-corrected chi connectivity index (χ0v) is 14.8.